The van der Waals surface area contributed by atoms with Gasteiger partial charge in [-0.1, -0.05) is 48.0 Å². The Morgan fingerprint density at radius 3 is 2.32 bits per heavy atom. The van der Waals surface area contributed by atoms with Crippen LogP contribution in [0.4, 0.5) is 0 Å². The van der Waals surface area contributed by atoms with Crippen molar-refractivity contribution in [3.8, 4) is 0 Å². The van der Waals surface area contributed by atoms with Crippen LogP contribution in [0.5, 0.6) is 0 Å². The van der Waals surface area contributed by atoms with Gasteiger partial charge in [-0.2, -0.15) is 4.31 Å². The molecule has 5 heteroatoms. The van der Waals surface area contributed by atoms with Crippen molar-refractivity contribution < 1.29 is 8.42 Å². The minimum Gasteiger partial charge on any atom is -0.348 e. The van der Waals surface area contributed by atoms with Crippen LogP contribution >= 0.6 is 0 Å². The fourth-order valence-electron chi connectivity index (χ4n) is 3.44. The number of rotatable bonds is 3. The van der Waals surface area contributed by atoms with Gasteiger partial charge in [-0.15, -0.1) is 0 Å². The Kier molecular flexibility index (Phi) is 3.98. The lowest BCUT2D eigenvalue weighted by Crippen LogP contribution is -2.42. The van der Waals surface area contributed by atoms with Crippen LogP contribution < -0.4 is 0 Å². The number of nitrogens with zero attached hydrogens (tertiary/aromatic N) is 2. The SMILES string of the molecule is Cc1ccc(S(=O)(=O)N2CCn3cccc3C2c2ccccc2)cc1. The highest BCUT2D eigenvalue weighted by Crippen LogP contribution is 2.36. The summed E-state index contributed by atoms with van der Waals surface area (Å²) in [4.78, 5) is 0.346. The van der Waals surface area contributed by atoms with Crippen molar-refractivity contribution in [2.75, 3.05) is 6.54 Å². The minimum atomic E-state index is -3.58. The third-order valence-corrected chi connectivity index (χ3v) is 6.62. The van der Waals surface area contributed by atoms with E-state index in [1.807, 2.05) is 67.7 Å². The lowest BCUT2D eigenvalue weighted by atomic mass is 10.0. The minimum absolute atomic E-state index is 0.309. The Labute approximate surface area is 148 Å². The van der Waals surface area contributed by atoms with Gasteiger partial charge in [0.2, 0.25) is 10.0 Å². The van der Waals surface area contributed by atoms with Gasteiger partial charge in [0.15, 0.2) is 0 Å². The molecule has 2 heterocycles. The second-order valence-electron chi connectivity index (χ2n) is 6.37. The van der Waals surface area contributed by atoms with Gasteiger partial charge in [0.1, 0.15) is 0 Å². The highest BCUT2D eigenvalue weighted by atomic mass is 32.2. The predicted molar refractivity (Wildman–Crippen MR) is 97.8 cm³/mol. The Balaban J connectivity index is 1.84. The first-order chi connectivity index (χ1) is 12.1. The van der Waals surface area contributed by atoms with Crippen molar-refractivity contribution in [2.24, 2.45) is 0 Å². The molecule has 0 spiro atoms. The zero-order valence-electron chi connectivity index (χ0n) is 14.0. The molecule has 3 aromatic rings. The van der Waals surface area contributed by atoms with Crippen molar-refractivity contribution in [1.82, 2.24) is 8.87 Å². The topological polar surface area (TPSA) is 42.3 Å². The fourth-order valence-corrected chi connectivity index (χ4v) is 5.02. The molecule has 25 heavy (non-hydrogen) atoms. The molecule has 128 valence electrons. The molecule has 1 atom stereocenters. The molecule has 4 nitrogen and oxygen atoms in total. The summed E-state index contributed by atoms with van der Waals surface area (Å²) in [5.41, 5.74) is 3.04. The second-order valence-corrected chi connectivity index (χ2v) is 8.26. The van der Waals surface area contributed by atoms with E-state index in [1.165, 1.54) is 0 Å². The van der Waals surface area contributed by atoms with E-state index < -0.39 is 10.0 Å². The van der Waals surface area contributed by atoms with E-state index in [0.29, 0.717) is 18.0 Å². The van der Waals surface area contributed by atoms with Crippen molar-refractivity contribution in [3.05, 3.63) is 89.7 Å². The lowest BCUT2D eigenvalue weighted by molar-refractivity contribution is 0.298. The van der Waals surface area contributed by atoms with Crippen molar-refractivity contribution in [1.29, 1.82) is 0 Å². The zero-order valence-corrected chi connectivity index (χ0v) is 14.9. The van der Waals surface area contributed by atoms with Crippen LogP contribution in [0.2, 0.25) is 0 Å². The Morgan fingerprint density at radius 1 is 0.880 bits per heavy atom. The molecule has 0 bridgehead atoms. The van der Waals surface area contributed by atoms with E-state index in [0.717, 1.165) is 16.8 Å². The quantitative estimate of drug-likeness (QED) is 0.723. The molecular weight excluding hydrogens is 332 g/mol. The molecule has 0 aliphatic carbocycles. The molecule has 0 amide bonds. The summed E-state index contributed by atoms with van der Waals surface area (Å²) in [5.74, 6) is 0. The van der Waals surface area contributed by atoms with Gasteiger partial charge in [0.05, 0.1) is 10.9 Å². The predicted octanol–water partition coefficient (Wildman–Crippen LogP) is 3.59. The van der Waals surface area contributed by atoms with Gasteiger partial charge < -0.3 is 4.57 Å². The number of benzene rings is 2. The normalized spacial score (nSPS) is 18.0. The van der Waals surface area contributed by atoms with Crippen molar-refractivity contribution in [3.63, 3.8) is 0 Å². The molecule has 1 unspecified atom stereocenters. The first-order valence-electron chi connectivity index (χ1n) is 8.36. The summed E-state index contributed by atoms with van der Waals surface area (Å²) >= 11 is 0. The van der Waals surface area contributed by atoms with Crippen molar-refractivity contribution >= 4 is 10.0 Å². The van der Waals surface area contributed by atoms with Gasteiger partial charge in [-0.3, -0.25) is 0 Å². The van der Waals surface area contributed by atoms with E-state index >= 15 is 0 Å². The molecule has 0 N–H and O–H groups in total. The van der Waals surface area contributed by atoms with Crippen LogP contribution in [0.3, 0.4) is 0 Å². The summed E-state index contributed by atoms with van der Waals surface area (Å²) in [7, 11) is -3.58. The second kappa shape index (κ2) is 6.17. The highest BCUT2D eigenvalue weighted by Gasteiger charge is 2.37. The van der Waals surface area contributed by atoms with Gasteiger partial charge in [0.25, 0.3) is 0 Å². The number of hydrogen-bond acceptors (Lipinski definition) is 2. The molecule has 1 aliphatic rings. The number of fused-ring (bicyclic) bond motifs is 1. The monoisotopic (exact) mass is 352 g/mol. The Hall–Kier alpha value is -2.37. The largest absolute Gasteiger partial charge is 0.348 e. The number of aromatic nitrogens is 1. The zero-order chi connectivity index (χ0) is 17.4. The molecule has 1 aliphatic heterocycles. The van der Waals surface area contributed by atoms with Crippen molar-refractivity contribution in [2.45, 2.75) is 24.4 Å². The Bertz CT molecular complexity index is 976. The van der Waals surface area contributed by atoms with Gasteiger partial charge in [-0.25, -0.2) is 8.42 Å². The van der Waals surface area contributed by atoms with E-state index in [4.69, 9.17) is 0 Å². The van der Waals surface area contributed by atoms with E-state index in [9.17, 15) is 8.42 Å². The summed E-state index contributed by atoms with van der Waals surface area (Å²) in [6, 6.07) is 20.6. The van der Waals surface area contributed by atoms with Gasteiger partial charge in [-0.05, 0) is 36.8 Å². The molecule has 4 rings (SSSR count). The molecule has 1 aromatic heterocycles. The van der Waals surface area contributed by atoms with Crippen LogP contribution in [-0.4, -0.2) is 23.8 Å². The third-order valence-electron chi connectivity index (χ3n) is 4.74. The number of sulfonamides is 1. The number of aryl methyl sites for hydroxylation is 1. The lowest BCUT2D eigenvalue weighted by Gasteiger charge is -2.36. The fraction of sp³-hybridized carbons (Fsp3) is 0.200. The summed E-state index contributed by atoms with van der Waals surface area (Å²) < 4.78 is 30.4. The van der Waals surface area contributed by atoms with Crippen LogP contribution in [0.15, 0.2) is 77.8 Å². The van der Waals surface area contributed by atoms with Crippen LogP contribution in [0.1, 0.15) is 22.9 Å². The molecule has 2 aromatic carbocycles. The standard InChI is InChI=1S/C20H20N2O2S/c1-16-9-11-18(12-10-16)25(23,24)22-15-14-21-13-5-8-19(21)20(22)17-6-3-2-4-7-17/h2-13,20H,14-15H2,1H3. The maximum Gasteiger partial charge on any atom is 0.244 e. The highest BCUT2D eigenvalue weighted by molar-refractivity contribution is 7.89. The van der Waals surface area contributed by atoms with Crippen LogP contribution in [0, 0.1) is 6.92 Å². The average Bonchev–Trinajstić information content (AvgIpc) is 3.10. The summed E-state index contributed by atoms with van der Waals surface area (Å²) in [6.45, 7) is 3.07. The molecule has 0 saturated heterocycles. The maximum atomic E-state index is 13.3. The van der Waals surface area contributed by atoms with E-state index in [-0.39, 0.29) is 6.04 Å². The smallest absolute Gasteiger partial charge is 0.244 e. The van der Waals surface area contributed by atoms with Crippen LogP contribution in [-0.2, 0) is 16.6 Å². The van der Waals surface area contributed by atoms with Crippen LogP contribution in [0.25, 0.3) is 0 Å². The summed E-state index contributed by atoms with van der Waals surface area (Å²) in [5, 5.41) is 0. The van der Waals surface area contributed by atoms with Gasteiger partial charge in [0, 0.05) is 25.0 Å². The maximum absolute atomic E-state index is 13.3. The molecular formula is C20H20N2O2S. The van der Waals surface area contributed by atoms with Gasteiger partial charge >= 0.3 is 0 Å². The first-order valence-corrected chi connectivity index (χ1v) is 9.80. The molecule has 0 radical (unpaired) electrons. The first kappa shape index (κ1) is 16.1. The number of hydrogen-bond donors (Lipinski definition) is 0. The summed E-state index contributed by atoms with van der Waals surface area (Å²) in [6.07, 6.45) is 2.01. The Morgan fingerprint density at radius 2 is 1.60 bits per heavy atom. The average molecular weight is 352 g/mol. The van der Waals surface area contributed by atoms with E-state index in [2.05, 4.69) is 4.57 Å². The molecule has 0 fully saturated rings. The third kappa shape index (κ3) is 2.79. The molecule has 0 saturated carbocycles. The van der Waals surface area contributed by atoms with E-state index in [1.54, 1.807) is 16.4 Å².